The molecule has 72 valence electrons. The van der Waals surface area contributed by atoms with Crippen LogP contribution in [0.5, 0.6) is 0 Å². The molecule has 0 spiro atoms. The lowest BCUT2D eigenvalue weighted by Gasteiger charge is -2.16. The third-order valence-electron chi connectivity index (χ3n) is 1.98. The molecule has 1 rings (SSSR count). The van der Waals surface area contributed by atoms with Gasteiger partial charge in [-0.1, -0.05) is 25.4 Å². The third kappa shape index (κ3) is 3.19. The van der Waals surface area contributed by atoms with Crippen molar-refractivity contribution in [1.82, 2.24) is 9.97 Å². The van der Waals surface area contributed by atoms with Crippen molar-refractivity contribution in [2.24, 2.45) is 5.92 Å². The lowest BCUT2D eigenvalue weighted by molar-refractivity contribution is 0.556. The van der Waals surface area contributed by atoms with E-state index in [1.807, 2.05) is 0 Å². The van der Waals surface area contributed by atoms with Gasteiger partial charge in [0.05, 0.1) is 17.4 Å². The van der Waals surface area contributed by atoms with E-state index in [1.165, 1.54) is 0 Å². The van der Waals surface area contributed by atoms with Crippen molar-refractivity contribution in [2.45, 2.75) is 26.8 Å². The van der Waals surface area contributed by atoms with Gasteiger partial charge in [-0.2, -0.15) is 0 Å². The Hall–Kier alpha value is -0.830. The Morgan fingerprint density at radius 3 is 2.23 bits per heavy atom. The van der Waals surface area contributed by atoms with Gasteiger partial charge in [-0.05, 0) is 12.8 Å². The molecule has 0 saturated heterocycles. The molecule has 4 heteroatoms. The minimum absolute atomic E-state index is 0.362. The molecule has 0 aliphatic rings. The topological polar surface area (TPSA) is 37.8 Å². The zero-order valence-corrected chi connectivity index (χ0v) is 8.84. The van der Waals surface area contributed by atoms with Gasteiger partial charge in [0.2, 0.25) is 5.95 Å². The molecule has 0 bridgehead atoms. The van der Waals surface area contributed by atoms with Crippen molar-refractivity contribution in [3.05, 3.63) is 17.4 Å². The Morgan fingerprint density at radius 1 is 1.23 bits per heavy atom. The Kier molecular flexibility index (Phi) is 3.48. The van der Waals surface area contributed by atoms with Crippen molar-refractivity contribution in [3.63, 3.8) is 0 Å². The zero-order chi connectivity index (χ0) is 9.84. The second kappa shape index (κ2) is 4.42. The van der Waals surface area contributed by atoms with Crippen LogP contribution in [0.1, 0.15) is 20.8 Å². The van der Waals surface area contributed by atoms with Crippen molar-refractivity contribution >= 4 is 17.5 Å². The van der Waals surface area contributed by atoms with Crippen LogP contribution < -0.4 is 5.32 Å². The zero-order valence-electron chi connectivity index (χ0n) is 8.08. The summed E-state index contributed by atoms with van der Waals surface area (Å²) in [6.07, 6.45) is 3.17. The molecular formula is C9H14ClN3. The first kappa shape index (κ1) is 10.3. The summed E-state index contributed by atoms with van der Waals surface area (Å²) in [5, 5.41) is 3.75. The Labute approximate surface area is 83.5 Å². The molecule has 0 aromatic carbocycles. The Morgan fingerprint density at radius 2 is 1.77 bits per heavy atom. The highest BCUT2D eigenvalue weighted by molar-refractivity contribution is 6.30. The van der Waals surface area contributed by atoms with Gasteiger partial charge in [0.15, 0.2) is 0 Å². The van der Waals surface area contributed by atoms with E-state index in [0.717, 1.165) is 0 Å². The predicted octanol–water partition coefficient (Wildman–Crippen LogP) is 2.59. The second-order valence-corrected chi connectivity index (χ2v) is 3.84. The summed E-state index contributed by atoms with van der Waals surface area (Å²) >= 11 is 5.66. The number of halogens is 1. The van der Waals surface area contributed by atoms with Gasteiger partial charge in [0.1, 0.15) is 0 Å². The Balaban J connectivity index is 2.59. The van der Waals surface area contributed by atoms with E-state index in [-0.39, 0.29) is 0 Å². The molecule has 0 aliphatic heterocycles. The number of anilines is 1. The predicted molar refractivity (Wildman–Crippen MR) is 55.0 cm³/mol. The molecule has 1 aromatic heterocycles. The van der Waals surface area contributed by atoms with Crippen molar-refractivity contribution in [2.75, 3.05) is 5.32 Å². The molecule has 13 heavy (non-hydrogen) atoms. The SMILES string of the molecule is CC(C)C(C)Nc1ncc(Cl)cn1. The maximum Gasteiger partial charge on any atom is 0.222 e. The van der Waals surface area contributed by atoms with E-state index in [9.17, 15) is 0 Å². The molecule has 0 radical (unpaired) electrons. The number of aromatic nitrogens is 2. The van der Waals surface area contributed by atoms with Gasteiger partial charge in [-0.3, -0.25) is 0 Å². The van der Waals surface area contributed by atoms with Crippen LogP contribution in [0, 0.1) is 5.92 Å². The lowest BCUT2D eigenvalue weighted by atomic mass is 10.1. The molecule has 1 N–H and O–H groups in total. The molecule has 1 atom stereocenters. The van der Waals surface area contributed by atoms with Crippen molar-refractivity contribution < 1.29 is 0 Å². The van der Waals surface area contributed by atoms with Crippen LogP contribution in [-0.4, -0.2) is 16.0 Å². The van der Waals surface area contributed by atoms with Crippen molar-refractivity contribution in [3.8, 4) is 0 Å². The van der Waals surface area contributed by atoms with Crippen LogP contribution in [0.25, 0.3) is 0 Å². The minimum Gasteiger partial charge on any atom is -0.352 e. The molecule has 3 nitrogen and oxygen atoms in total. The van der Waals surface area contributed by atoms with Gasteiger partial charge in [0, 0.05) is 6.04 Å². The first-order valence-corrected chi connectivity index (χ1v) is 4.71. The highest BCUT2D eigenvalue weighted by atomic mass is 35.5. The standard InChI is InChI=1S/C9H14ClN3/c1-6(2)7(3)13-9-11-4-8(10)5-12-9/h4-7H,1-3H3,(H,11,12,13). The summed E-state index contributed by atoms with van der Waals surface area (Å²) in [6, 6.07) is 0.362. The first-order chi connectivity index (χ1) is 6.09. The fourth-order valence-corrected chi connectivity index (χ4v) is 0.855. The first-order valence-electron chi connectivity index (χ1n) is 4.33. The fraction of sp³-hybridized carbons (Fsp3) is 0.556. The van der Waals surface area contributed by atoms with Gasteiger partial charge < -0.3 is 5.32 Å². The Bertz CT molecular complexity index is 258. The number of hydrogen-bond donors (Lipinski definition) is 1. The summed E-state index contributed by atoms with van der Waals surface area (Å²) < 4.78 is 0. The molecule has 1 aromatic rings. The van der Waals surface area contributed by atoms with Gasteiger partial charge in [0.25, 0.3) is 0 Å². The summed E-state index contributed by atoms with van der Waals surface area (Å²) in [7, 11) is 0. The molecule has 0 saturated carbocycles. The fourth-order valence-electron chi connectivity index (χ4n) is 0.757. The average molecular weight is 200 g/mol. The second-order valence-electron chi connectivity index (χ2n) is 3.40. The lowest BCUT2D eigenvalue weighted by Crippen LogP contribution is -2.22. The largest absolute Gasteiger partial charge is 0.352 e. The number of nitrogens with zero attached hydrogens (tertiary/aromatic N) is 2. The van der Waals surface area contributed by atoms with Crippen LogP contribution in [0.15, 0.2) is 12.4 Å². The average Bonchev–Trinajstić information content (AvgIpc) is 2.08. The molecular weight excluding hydrogens is 186 g/mol. The van der Waals surface area contributed by atoms with E-state index < -0.39 is 0 Å². The van der Waals surface area contributed by atoms with E-state index >= 15 is 0 Å². The normalized spacial score (nSPS) is 13.0. The van der Waals surface area contributed by atoms with Crippen LogP contribution in [0.4, 0.5) is 5.95 Å². The highest BCUT2D eigenvalue weighted by Gasteiger charge is 2.07. The smallest absolute Gasteiger partial charge is 0.222 e. The van der Waals surface area contributed by atoms with Crippen LogP contribution in [0.3, 0.4) is 0 Å². The summed E-state index contributed by atoms with van der Waals surface area (Å²) in [5.41, 5.74) is 0. The van der Waals surface area contributed by atoms with Crippen LogP contribution >= 0.6 is 11.6 Å². The summed E-state index contributed by atoms with van der Waals surface area (Å²) in [5.74, 6) is 1.19. The highest BCUT2D eigenvalue weighted by Crippen LogP contribution is 2.09. The summed E-state index contributed by atoms with van der Waals surface area (Å²) in [4.78, 5) is 8.09. The summed E-state index contributed by atoms with van der Waals surface area (Å²) in [6.45, 7) is 6.39. The molecule has 1 unspecified atom stereocenters. The van der Waals surface area contributed by atoms with E-state index in [0.29, 0.717) is 22.9 Å². The molecule has 0 aliphatic carbocycles. The van der Waals surface area contributed by atoms with Crippen LogP contribution in [0.2, 0.25) is 5.02 Å². The van der Waals surface area contributed by atoms with E-state index in [1.54, 1.807) is 12.4 Å². The number of rotatable bonds is 3. The maximum absolute atomic E-state index is 5.66. The van der Waals surface area contributed by atoms with E-state index in [4.69, 9.17) is 11.6 Å². The van der Waals surface area contributed by atoms with Crippen LogP contribution in [-0.2, 0) is 0 Å². The molecule has 1 heterocycles. The van der Waals surface area contributed by atoms with Gasteiger partial charge in [-0.15, -0.1) is 0 Å². The quantitative estimate of drug-likeness (QED) is 0.813. The molecule has 0 fully saturated rings. The van der Waals surface area contributed by atoms with Gasteiger partial charge in [-0.25, -0.2) is 9.97 Å². The molecule has 0 amide bonds. The number of nitrogens with one attached hydrogen (secondary N) is 1. The number of hydrogen-bond acceptors (Lipinski definition) is 3. The minimum atomic E-state index is 0.362. The maximum atomic E-state index is 5.66. The monoisotopic (exact) mass is 199 g/mol. The third-order valence-corrected chi connectivity index (χ3v) is 2.17. The van der Waals surface area contributed by atoms with Gasteiger partial charge >= 0.3 is 0 Å². The van der Waals surface area contributed by atoms with Crippen molar-refractivity contribution in [1.29, 1.82) is 0 Å². The van der Waals surface area contributed by atoms with E-state index in [2.05, 4.69) is 36.1 Å².